The van der Waals surface area contributed by atoms with Gasteiger partial charge >= 0.3 is 0 Å². The molecule has 0 aliphatic carbocycles. The number of rotatable bonds is 6. The van der Waals surface area contributed by atoms with Crippen LogP contribution < -0.4 is 5.32 Å². The summed E-state index contributed by atoms with van der Waals surface area (Å²) in [4.78, 5) is 10.4. The number of nitrogens with one attached hydrogen (secondary N) is 1. The second-order valence-electron chi connectivity index (χ2n) is 4.68. The zero-order valence-electron chi connectivity index (χ0n) is 17.4. The summed E-state index contributed by atoms with van der Waals surface area (Å²) in [5.41, 5.74) is 2.17. The monoisotopic (exact) mass is 388 g/mol. The Morgan fingerprint density at radius 2 is 1.67 bits per heavy atom. The molecule has 148 valence electrons. The van der Waals surface area contributed by atoms with E-state index in [0.717, 1.165) is 30.0 Å². The Morgan fingerprint density at radius 3 is 2.22 bits per heavy atom. The van der Waals surface area contributed by atoms with Gasteiger partial charge < -0.3 is 10.2 Å². The number of benzene rings is 1. The molecule has 0 unspecified atom stereocenters. The van der Waals surface area contributed by atoms with Gasteiger partial charge in [0.15, 0.2) is 0 Å². The van der Waals surface area contributed by atoms with Gasteiger partial charge in [-0.15, -0.1) is 12.8 Å². The van der Waals surface area contributed by atoms with E-state index in [0.29, 0.717) is 5.15 Å². The molecule has 0 amide bonds. The summed E-state index contributed by atoms with van der Waals surface area (Å²) in [5.74, 6) is 0.801. The first kappa shape index (κ1) is 26.7. The summed E-state index contributed by atoms with van der Waals surface area (Å²) in [6.07, 6.45) is 9.80. The van der Waals surface area contributed by atoms with Crippen LogP contribution in [0, 0.1) is 12.8 Å². The number of hydrogen-bond donors (Lipinski definition) is 1. The van der Waals surface area contributed by atoms with E-state index in [9.17, 15) is 0 Å². The molecule has 2 rings (SSSR count). The molecule has 0 atom stereocenters. The van der Waals surface area contributed by atoms with Crippen molar-refractivity contribution in [3.8, 4) is 24.0 Å². The summed E-state index contributed by atoms with van der Waals surface area (Å²) in [6, 6.07) is 13.9. The van der Waals surface area contributed by atoms with Crippen LogP contribution in [0.25, 0.3) is 11.1 Å². The van der Waals surface area contributed by atoms with Gasteiger partial charge in [-0.05, 0) is 17.7 Å². The van der Waals surface area contributed by atoms with Crippen LogP contribution in [-0.2, 0) is 0 Å². The minimum absolute atomic E-state index is 0.487. The highest BCUT2D eigenvalue weighted by molar-refractivity contribution is 6.29. The Kier molecular flexibility index (Phi) is 18.1. The quantitative estimate of drug-likeness (QED) is 0.298. The number of halogens is 1. The molecule has 0 aliphatic rings. The average molecular weight is 389 g/mol. The minimum atomic E-state index is 0.487. The van der Waals surface area contributed by atoms with Crippen molar-refractivity contribution < 1.29 is 0 Å². The molecule has 1 heterocycles. The summed E-state index contributed by atoms with van der Waals surface area (Å²) in [6.45, 7) is 9.59. The lowest BCUT2D eigenvalue weighted by molar-refractivity contribution is 0.537. The fourth-order valence-corrected chi connectivity index (χ4v) is 2.17. The van der Waals surface area contributed by atoms with E-state index in [-0.39, 0.29) is 0 Å². The Morgan fingerprint density at radius 1 is 1.07 bits per heavy atom. The maximum Gasteiger partial charge on any atom is 0.135 e. The lowest BCUT2D eigenvalue weighted by Gasteiger charge is -2.15. The van der Waals surface area contributed by atoms with Gasteiger partial charge in [-0.2, -0.15) is 0 Å². The van der Waals surface area contributed by atoms with E-state index >= 15 is 0 Å². The number of hydrogen-bond acceptors (Lipinski definition) is 3. The van der Waals surface area contributed by atoms with Crippen LogP contribution in [0.5, 0.6) is 0 Å². The van der Waals surface area contributed by atoms with E-state index < -0.39 is 0 Å². The van der Waals surface area contributed by atoms with E-state index in [4.69, 9.17) is 11.6 Å². The molecule has 27 heavy (non-hydrogen) atoms. The van der Waals surface area contributed by atoms with Crippen LogP contribution in [0.2, 0.25) is 5.15 Å². The van der Waals surface area contributed by atoms with Gasteiger partial charge in [0.1, 0.15) is 11.0 Å². The van der Waals surface area contributed by atoms with E-state index in [2.05, 4.69) is 40.3 Å². The lowest BCUT2D eigenvalue weighted by Crippen LogP contribution is -2.24. The van der Waals surface area contributed by atoms with E-state index in [1.54, 1.807) is 13.4 Å². The molecule has 0 aliphatic heterocycles. The highest BCUT2D eigenvalue weighted by Gasteiger charge is 2.07. The van der Waals surface area contributed by atoms with E-state index in [1.807, 2.05) is 70.0 Å². The van der Waals surface area contributed by atoms with Crippen molar-refractivity contribution in [1.29, 1.82) is 0 Å². The lowest BCUT2D eigenvalue weighted by atomic mass is 10.1. The smallest absolute Gasteiger partial charge is 0.135 e. The van der Waals surface area contributed by atoms with Crippen molar-refractivity contribution in [2.45, 2.75) is 27.7 Å². The van der Waals surface area contributed by atoms with Crippen LogP contribution in [0.4, 0.5) is 5.82 Å². The number of likely N-dealkylation sites (N-methyl/N-ethyl adjacent to an activating group) is 1. The fourth-order valence-electron chi connectivity index (χ4n) is 2.03. The third-order valence-corrected chi connectivity index (χ3v) is 3.23. The summed E-state index contributed by atoms with van der Waals surface area (Å²) in [5, 5.41) is 3.83. The third-order valence-electron chi connectivity index (χ3n) is 3.02. The normalized spacial score (nSPS) is 8.93. The van der Waals surface area contributed by atoms with Crippen molar-refractivity contribution in [3.05, 3.63) is 47.6 Å². The van der Waals surface area contributed by atoms with Crippen molar-refractivity contribution in [3.63, 3.8) is 0 Å². The molecule has 4 nitrogen and oxygen atoms in total. The van der Waals surface area contributed by atoms with Gasteiger partial charge in [-0.3, -0.25) is 4.99 Å². The maximum absolute atomic E-state index is 6.01. The topological polar surface area (TPSA) is 40.5 Å². The zero-order chi connectivity index (χ0) is 21.1. The van der Waals surface area contributed by atoms with Gasteiger partial charge in [0, 0.05) is 32.7 Å². The fraction of sp³-hybridized carbons (Fsp3) is 0.364. The van der Waals surface area contributed by atoms with Crippen LogP contribution in [0.15, 0.2) is 47.5 Å². The largest absolute Gasteiger partial charge is 0.368 e. The Hall–Kier alpha value is -2.51. The predicted molar refractivity (Wildman–Crippen MR) is 123 cm³/mol. The summed E-state index contributed by atoms with van der Waals surface area (Å²) < 4.78 is 0. The summed E-state index contributed by atoms with van der Waals surface area (Å²) >= 11 is 6.01. The molecule has 5 heteroatoms. The van der Waals surface area contributed by atoms with Crippen LogP contribution in [-0.4, -0.2) is 43.4 Å². The van der Waals surface area contributed by atoms with Crippen molar-refractivity contribution in [1.82, 2.24) is 9.88 Å². The molecular formula is C22H33ClN4. The number of aromatic nitrogens is 1. The molecule has 0 saturated heterocycles. The minimum Gasteiger partial charge on any atom is -0.368 e. The molecule has 0 saturated carbocycles. The van der Waals surface area contributed by atoms with Crippen molar-refractivity contribution in [2.75, 3.05) is 32.5 Å². The predicted octanol–water partition coefficient (Wildman–Crippen LogP) is 5.71. The first-order valence-electron chi connectivity index (χ1n) is 9.12. The highest BCUT2D eigenvalue weighted by Crippen LogP contribution is 2.27. The van der Waals surface area contributed by atoms with Gasteiger partial charge in [0.25, 0.3) is 0 Å². The molecule has 2 aromatic rings. The van der Waals surface area contributed by atoms with Gasteiger partial charge in [-0.1, -0.05) is 69.6 Å². The number of pyridine rings is 1. The Balaban J connectivity index is 0. The molecule has 0 fully saturated rings. The second kappa shape index (κ2) is 18.3. The molecular weight excluding hydrogens is 356 g/mol. The highest BCUT2D eigenvalue weighted by atomic mass is 35.5. The first-order chi connectivity index (χ1) is 13.2. The SMILES string of the molecule is C#C.CC.CC.CN=CN(C)CCNc1nc(Cl)ccc1-c1ccccc1. The number of anilines is 1. The third kappa shape index (κ3) is 10.9. The molecule has 0 bridgehead atoms. The molecule has 0 radical (unpaired) electrons. The maximum atomic E-state index is 6.01. The van der Waals surface area contributed by atoms with Crippen LogP contribution in [0.3, 0.4) is 0 Å². The molecule has 0 spiro atoms. The molecule has 1 aromatic heterocycles. The van der Waals surface area contributed by atoms with Crippen molar-refractivity contribution >= 4 is 23.8 Å². The molecule has 1 aromatic carbocycles. The Labute approximate surface area is 170 Å². The molecule has 1 N–H and O–H groups in total. The second-order valence-corrected chi connectivity index (χ2v) is 5.06. The Bertz CT molecular complexity index is 639. The number of terminal acetylenes is 1. The average Bonchev–Trinajstić information content (AvgIpc) is 2.73. The van der Waals surface area contributed by atoms with Gasteiger partial charge in [-0.25, -0.2) is 4.98 Å². The van der Waals surface area contributed by atoms with Gasteiger partial charge in [0.05, 0.1) is 6.34 Å². The van der Waals surface area contributed by atoms with Gasteiger partial charge in [0.2, 0.25) is 0 Å². The van der Waals surface area contributed by atoms with Crippen LogP contribution >= 0.6 is 11.6 Å². The summed E-state index contributed by atoms with van der Waals surface area (Å²) in [7, 11) is 3.74. The van der Waals surface area contributed by atoms with E-state index in [1.165, 1.54) is 0 Å². The van der Waals surface area contributed by atoms with Crippen LogP contribution in [0.1, 0.15) is 27.7 Å². The number of nitrogens with zero attached hydrogens (tertiary/aromatic N) is 3. The first-order valence-corrected chi connectivity index (χ1v) is 9.50. The zero-order valence-corrected chi connectivity index (χ0v) is 18.2. The van der Waals surface area contributed by atoms with Crippen molar-refractivity contribution in [2.24, 2.45) is 4.99 Å². The standard InChI is InChI=1S/C16H19ClN4.2C2H6.C2H2/c1-18-12-21(2)11-10-19-16-14(8-9-15(17)20-16)13-6-4-3-5-7-13;3*1-2/h3-9,12H,10-11H2,1-2H3,(H,19,20);2*1-2H3;1-2H. The number of aliphatic imine (C=N–C) groups is 1.